The number of carbonyl (C=O) groups excluding carboxylic acids is 1. The minimum atomic E-state index is -0.384. The zero-order valence-corrected chi connectivity index (χ0v) is 7.77. The van der Waals surface area contributed by atoms with Crippen LogP contribution in [-0.2, 0) is 4.79 Å². The van der Waals surface area contributed by atoms with E-state index in [2.05, 4.69) is 5.32 Å². The van der Waals surface area contributed by atoms with Gasteiger partial charge in [-0.1, -0.05) is 0 Å². The molecule has 0 fully saturated rings. The fraction of sp³-hybridized carbons (Fsp3) is 0.857. The molecule has 2 atom stereocenters. The number of carbonyl (C=O) groups is 1. The summed E-state index contributed by atoms with van der Waals surface area (Å²) in [5.74, 6) is -0.558. The van der Waals surface area contributed by atoms with Gasteiger partial charge in [0.1, 0.15) is 5.88 Å². The van der Waals surface area contributed by atoms with Crippen molar-refractivity contribution in [3.63, 3.8) is 0 Å². The lowest BCUT2D eigenvalue weighted by Gasteiger charge is -2.14. The molecule has 0 spiro atoms. The maximum absolute atomic E-state index is 10.7. The molecular formula is C7H15ClNO3+. The Morgan fingerprint density at radius 2 is 2.33 bits per heavy atom. The molecule has 0 saturated heterocycles. The summed E-state index contributed by atoms with van der Waals surface area (Å²) >= 11 is 5.24. The topological polar surface area (TPSA) is 72.2 Å². The predicted octanol–water partition coefficient (Wildman–Crippen LogP) is -0.937. The SMILES string of the molecule is C[C@@H]([OH2+])[C@H](CO)CNC(=O)CCl. The molecule has 0 unspecified atom stereocenters. The summed E-state index contributed by atoms with van der Waals surface area (Å²) in [6.07, 6.45) is -0.384. The Kier molecular flexibility index (Phi) is 6.06. The second-order valence-electron chi connectivity index (χ2n) is 2.67. The van der Waals surface area contributed by atoms with Gasteiger partial charge < -0.3 is 15.5 Å². The summed E-state index contributed by atoms with van der Waals surface area (Å²) in [4.78, 5) is 10.7. The highest BCUT2D eigenvalue weighted by Crippen LogP contribution is 1.99. The minimum Gasteiger partial charge on any atom is -0.443 e. The number of halogens is 1. The molecule has 0 aliphatic heterocycles. The largest absolute Gasteiger partial charge is 0.443 e. The summed E-state index contributed by atoms with van der Waals surface area (Å²) < 4.78 is 0. The molecule has 0 saturated carbocycles. The van der Waals surface area contributed by atoms with Crippen molar-refractivity contribution < 1.29 is 15.0 Å². The minimum absolute atomic E-state index is 0.0788. The number of hydrogen-bond donors (Lipinski definition) is 2. The van der Waals surface area contributed by atoms with E-state index in [1.165, 1.54) is 0 Å². The van der Waals surface area contributed by atoms with E-state index in [-0.39, 0.29) is 30.4 Å². The molecule has 0 heterocycles. The van der Waals surface area contributed by atoms with E-state index in [9.17, 15) is 4.79 Å². The Labute approximate surface area is 76.5 Å². The van der Waals surface area contributed by atoms with E-state index in [1.807, 2.05) is 0 Å². The molecule has 0 aromatic heterocycles. The number of alkyl halides is 1. The van der Waals surface area contributed by atoms with Crippen LogP contribution in [0, 0.1) is 5.92 Å². The molecule has 0 rings (SSSR count). The summed E-state index contributed by atoms with van der Waals surface area (Å²) in [6.45, 7) is 1.90. The average Bonchev–Trinajstić information content (AvgIpc) is 2.04. The summed E-state index contributed by atoms with van der Waals surface area (Å²) in [5, 5.41) is 18.6. The zero-order valence-electron chi connectivity index (χ0n) is 7.01. The van der Waals surface area contributed by atoms with Gasteiger partial charge in [0.05, 0.1) is 12.5 Å². The molecule has 4 N–H and O–H groups in total. The van der Waals surface area contributed by atoms with Crippen molar-refractivity contribution in [2.45, 2.75) is 13.0 Å². The van der Waals surface area contributed by atoms with Gasteiger partial charge in [0.2, 0.25) is 5.91 Å². The van der Waals surface area contributed by atoms with Crippen molar-refractivity contribution in [1.29, 1.82) is 0 Å². The zero-order chi connectivity index (χ0) is 9.56. The number of amides is 1. The molecule has 12 heavy (non-hydrogen) atoms. The molecule has 4 nitrogen and oxygen atoms in total. The highest BCUT2D eigenvalue weighted by atomic mass is 35.5. The fourth-order valence-corrected chi connectivity index (χ4v) is 0.786. The lowest BCUT2D eigenvalue weighted by Crippen LogP contribution is -2.36. The molecule has 0 aliphatic carbocycles. The van der Waals surface area contributed by atoms with Gasteiger partial charge in [-0.2, -0.15) is 0 Å². The number of hydrogen-bond acceptors (Lipinski definition) is 2. The molecular weight excluding hydrogens is 182 g/mol. The monoisotopic (exact) mass is 196 g/mol. The third kappa shape index (κ3) is 4.54. The standard InChI is InChI=1S/C7H14ClNO3/c1-5(11)6(4-10)3-9-7(12)2-8/h5-6,10-11H,2-4H2,1H3,(H,9,12)/p+1/t5-,6+/m1/s1. The van der Waals surface area contributed by atoms with Gasteiger partial charge in [-0.25, -0.2) is 0 Å². The van der Waals surface area contributed by atoms with Crippen molar-refractivity contribution in [3.8, 4) is 0 Å². The van der Waals surface area contributed by atoms with Crippen LogP contribution in [0.4, 0.5) is 0 Å². The maximum Gasteiger partial charge on any atom is 0.234 e. The first-order valence-corrected chi connectivity index (χ1v) is 4.30. The first-order chi connectivity index (χ1) is 5.61. The number of aliphatic hydroxyl groups is 1. The predicted molar refractivity (Wildman–Crippen MR) is 47.4 cm³/mol. The summed E-state index contributed by atoms with van der Waals surface area (Å²) in [7, 11) is 0. The molecule has 1 amide bonds. The van der Waals surface area contributed by atoms with Crippen LogP contribution in [0.25, 0.3) is 0 Å². The summed E-state index contributed by atoms with van der Waals surface area (Å²) in [5.41, 5.74) is 0. The van der Waals surface area contributed by atoms with Crippen LogP contribution in [0.5, 0.6) is 0 Å². The van der Waals surface area contributed by atoms with Crippen molar-refractivity contribution in [2.24, 2.45) is 5.92 Å². The lowest BCUT2D eigenvalue weighted by molar-refractivity contribution is -0.119. The van der Waals surface area contributed by atoms with Crippen LogP contribution in [0.2, 0.25) is 0 Å². The Morgan fingerprint density at radius 1 is 1.75 bits per heavy atom. The second-order valence-corrected chi connectivity index (χ2v) is 2.94. The molecule has 0 bridgehead atoms. The number of nitrogens with one attached hydrogen (secondary N) is 1. The van der Waals surface area contributed by atoms with Crippen LogP contribution in [0.1, 0.15) is 6.92 Å². The van der Waals surface area contributed by atoms with E-state index in [0.717, 1.165) is 0 Å². The maximum atomic E-state index is 10.7. The Bertz CT molecular complexity index is 141. The lowest BCUT2D eigenvalue weighted by atomic mass is 10.1. The van der Waals surface area contributed by atoms with E-state index >= 15 is 0 Å². The molecule has 5 heteroatoms. The molecule has 0 aromatic rings. The van der Waals surface area contributed by atoms with Gasteiger partial charge in [0.15, 0.2) is 6.10 Å². The molecule has 0 aromatic carbocycles. The molecule has 72 valence electrons. The highest BCUT2D eigenvalue weighted by Gasteiger charge is 2.17. The van der Waals surface area contributed by atoms with Gasteiger partial charge in [-0.05, 0) is 0 Å². The van der Waals surface area contributed by atoms with Gasteiger partial charge in [-0.3, -0.25) is 4.79 Å². The second kappa shape index (κ2) is 6.22. The van der Waals surface area contributed by atoms with Crippen molar-refractivity contribution in [1.82, 2.24) is 5.32 Å². The van der Waals surface area contributed by atoms with Gasteiger partial charge >= 0.3 is 0 Å². The van der Waals surface area contributed by atoms with Gasteiger partial charge in [0.25, 0.3) is 0 Å². The Morgan fingerprint density at radius 3 is 2.67 bits per heavy atom. The number of aliphatic hydroxyl groups excluding tert-OH is 1. The van der Waals surface area contributed by atoms with Gasteiger partial charge in [-0.15, -0.1) is 11.6 Å². The Hall–Kier alpha value is -0.320. The van der Waals surface area contributed by atoms with Crippen LogP contribution < -0.4 is 5.32 Å². The van der Waals surface area contributed by atoms with Gasteiger partial charge in [0, 0.05) is 13.5 Å². The van der Waals surface area contributed by atoms with Crippen molar-refractivity contribution >= 4 is 17.5 Å². The molecule has 0 aliphatic rings. The van der Waals surface area contributed by atoms with E-state index in [1.54, 1.807) is 6.92 Å². The van der Waals surface area contributed by atoms with Crippen LogP contribution in [0.3, 0.4) is 0 Å². The third-order valence-electron chi connectivity index (χ3n) is 1.62. The van der Waals surface area contributed by atoms with E-state index < -0.39 is 0 Å². The summed E-state index contributed by atoms with van der Waals surface area (Å²) in [6, 6.07) is 0. The smallest absolute Gasteiger partial charge is 0.234 e. The van der Waals surface area contributed by atoms with Crippen molar-refractivity contribution in [3.05, 3.63) is 0 Å². The third-order valence-corrected chi connectivity index (χ3v) is 1.87. The first-order valence-electron chi connectivity index (χ1n) is 3.76. The normalized spacial score (nSPS) is 15.3. The fourth-order valence-electron chi connectivity index (χ4n) is 0.692. The Balaban J connectivity index is 3.65. The van der Waals surface area contributed by atoms with E-state index in [4.69, 9.17) is 21.8 Å². The van der Waals surface area contributed by atoms with Crippen LogP contribution in [0.15, 0.2) is 0 Å². The number of rotatable bonds is 5. The molecule has 0 radical (unpaired) electrons. The van der Waals surface area contributed by atoms with Crippen molar-refractivity contribution in [2.75, 3.05) is 19.0 Å². The quantitative estimate of drug-likeness (QED) is 0.440. The van der Waals surface area contributed by atoms with Crippen LogP contribution >= 0.6 is 11.6 Å². The average molecular weight is 197 g/mol. The first kappa shape index (κ1) is 11.7. The highest BCUT2D eigenvalue weighted by molar-refractivity contribution is 6.27. The van der Waals surface area contributed by atoms with E-state index in [0.29, 0.717) is 6.54 Å². The van der Waals surface area contributed by atoms with Crippen LogP contribution in [-0.4, -0.2) is 41.3 Å².